The third-order valence-corrected chi connectivity index (χ3v) is 5.30. The predicted molar refractivity (Wildman–Crippen MR) is 83.7 cm³/mol. The summed E-state index contributed by atoms with van der Waals surface area (Å²) in [6.45, 7) is 3.22. The fraction of sp³-hybridized carbons (Fsp3) is 0.812. The Labute approximate surface area is 136 Å². The number of hydrogen-bond donors (Lipinski definition) is 1. The van der Waals surface area contributed by atoms with E-state index in [0.717, 1.165) is 25.7 Å². The zero-order valence-corrected chi connectivity index (χ0v) is 14.0. The van der Waals surface area contributed by atoms with Crippen molar-refractivity contribution in [2.75, 3.05) is 26.8 Å². The van der Waals surface area contributed by atoms with Gasteiger partial charge in [-0.1, -0.05) is 24.4 Å². The Kier molecular flexibility index (Phi) is 4.42. The van der Waals surface area contributed by atoms with E-state index in [0.29, 0.717) is 37.8 Å². The molecule has 0 bridgehead atoms. The molecular weight excluding hydrogens is 296 g/mol. The first-order valence-corrected chi connectivity index (χ1v) is 8.37. The van der Waals surface area contributed by atoms with Gasteiger partial charge >= 0.3 is 0 Å². The summed E-state index contributed by atoms with van der Waals surface area (Å²) in [4.78, 5) is 17.9. The Morgan fingerprint density at radius 1 is 1.35 bits per heavy atom. The van der Waals surface area contributed by atoms with Crippen LogP contribution in [0.5, 0.6) is 0 Å². The first-order valence-electron chi connectivity index (χ1n) is 8.37. The lowest BCUT2D eigenvalue weighted by atomic mass is 9.74. The standard InChI is InChI=1S/C16H26N4O3/c1-12(21)20-9-8-16(17,10-20)14-18-13(19-23-14)15(11-22-2)6-4-3-5-7-15/h3-11,17H2,1-2H3. The van der Waals surface area contributed by atoms with Crippen LogP contribution < -0.4 is 5.73 Å². The highest BCUT2D eigenvalue weighted by Crippen LogP contribution is 2.39. The second-order valence-corrected chi connectivity index (χ2v) is 7.04. The zero-order chi connectivity index (χ0) is 16.5. The van der Waals surface area contributed by atoms with Crippen LogP contribution in [-0.2, 0) is 20.5 Å². The minimum absolute atomic E-state index is 0.0280. The molecule has 1 unspecified atom stereocenters. The van der Waals surface area contributed by atoms with Crippen molar-refractivity contribution in [3.8, 4) is 0 Å². The van der Waals surface area contributed by atoms with Gasteiger partial charge in [-0.2, -0.15) is 4.98 Å². The summed E-state index contributed by atoms with van der Waals surface area (Å²) in [5.41, 5.74) is 5.55. The number of likely N-dealkylation sites (tertiary alicyclic amines) is 1. The van der Waals surface area contributed by atoms with Crippen LogP contribution in [0.4, 0.5) is 0 Å². The van der Waals surface area contributed by atoms with Gasteiger partial charge in [0.1, 0.15) is 5.54 Å². The van der Waals surface area contributed by atoms with Crippen LogP contribution in [-0.4, -0.2) is 47.8 Å². The number of nitrogens with zero attached hydrogens (tertiary/aromatic N) is 3. The van der Waals surface area contributed by atoms with Crippen LogP contribution >= 0.6 is 0 Å². The van der Waals surface area contributed by atoms with E-state index in [2.05, 4.69) is 10.1 Å². The Balaban J connectivity index is 1.83. The second-order valence-electron chi connectivity index (χ2n) is 7.04. The monoisotopic (exact) mass is 322 g/mol. The van der Waals surface area contributed by atoms with Gasteiger partial charge in [0.2, 0.25) is 11.8 Å². The van der Waals surface area contributed by atoms with Gasteiger partial charge in [0.15, 0.2) is 5.82 Å². The molecule has 1 saturated carbocycles. The highest BCUT2D eigenvalue weighted by atomic mass is 16.5. The third kappa shape index (κ3) is 2.99. The Hall–Kier alpha value is -1.47. The summed E-state index contributed by atoms with van der Waals surface area (Å²) < 4.78 is 11.0. The van der Waals surface area contributed by atoms with Crippen molar-refractivity contribution in [3.05, 3.63) is 11.7 Å². The van der Waals surface area contributed by atoms with Crippen molar-refractivity contribution >= 4 is 5.91 Å². The average molecular weight is 322 g/mol. The first kappa shape index (κ1) is 16.4. The van der Waals surface area contributed by atoms with Gasteiger partial charge in [0.05, 0.1) is 12.0 Å². The molecule has 2 fully saturated rings. The molecule has 1 aliphatic heterocycles. The number of ether oxygens (including phenoxy) is 1. The molecule has 1 aliphatic carbocycles. The topological polar surface area (TPSA) is 94.5 Å². The van der Waals surface area contributed by atoms with Crippen LogP contribution in [0.15, 0.2) is 4.52 Å². The molecule has 1 aromatic rings. The maximum absolute atomic E-state index is 11.5. The van der Waals surface area contributed by atoms with Gasteiger partial charge in [0.25, 0.3) is 0 Å². The molecule has 7 nitrogen and oxygen atoms in total. The maximum Gasteiger partial charge on any atom is 0.248 e. The van der Waals surface area contributed by atoms with Crippen molar-refractivity contribution < 1.29 is 14.1 Å². The molecule has 7 heteroatoms. The number of methoxy groups -OCH3 is 1. The molecular formula is C16H26N4O3. The summed E-state index contributed by atoms with van der Waals surface area (Å²) in [6, 6.07) is 0. The number of aromatic nitrogens is 2. The Bertz CT molecular complexity index is 562. The molecule has 2 heterocycles. The van der Waals surface area contributed by atoms with E-state index in [9.17, 15) is 4.79 Å². The van der Waals surface area contributed by atoms with Crippen molar-refractivity contribution in [2.45, 2.75) is 56.4 Å². The number of carbonyl (C=O) groups excluding carboxylic acids is 1. The van der Waals surface area contributed by atoms with Gasteiger partial charge < -0.3 is 19.9 Å². The normalized spacial score (nSPS) is 27.3. The first-order chi connectivity index (χ1) is 11.0. The van der Waals surface area contributed by atoms with Crippen molar-refractivity contribution in [1.29, 1.82) is 0 Å². The van der Waals surface area contributed by atoms with E-state index in [1.807, 2.05) is 0 Å². The summed E-state index contributed by atoms with van der Waals surface area (Å²) in [7, 11) is 1.71. The molecule has 0 radical (unpaired) electrons. The average Bonchev–Trinajstić information content (AvgIpc) is 3.16. The number of carbonyl (C=O) groups is 1. The molecule has 128 valence electrons. The van der Waals surface area contributed by atoms with E-state index >= 15 is 0 Å². The van der Waals surface area contributed by atoms with Crippen molar-refractivity contribution in [3.63, 3.8) is 0 Å². The molecule has 1 amide bonds. The summed E-state index contributed by atoms with van der Waals surface area (Å²) in [5, 5.41) is 4.24. The summed E-state index contributed by atoms with van der Waals surface area (Å²) in [6.07, 6.45) is 6.21. The lowest BCUT2D eigenvalue weighted by molar-refractivity contribution is -0.128. The van der Waals surface area contributed by atoms with E-state index in [-0.39, 0.29) is 11.3 Å². The quantitative estimate of drug-likeness (QED) is 0.898. The van der Waals surface area contributed by atoms with E-state index in [1.54, 1.807) is 18.9 Å². The second kappa shape index (κ2) is 6.20. The van der Waals surface area contributed by atoms with Gasteiger partial charge in [0, 0.05) is 27.1 Å². The fourth-order valence-corrected chi connectivity index (χ4v) is 3.85. The van der Waals surface area contributed by atoms with Crippen LogP contribution in [0, 0.1) is 0 Å². The minimum atomic E-state index is -0.736. The number of nitrogens with two attached hydrogens (primary N) is 1. The molecule has 1 aromatic heterocycles. The third-order valence-electron chi connectivity index (χ3n) is 5.30. The SMILES string of the molecule is COCC1(c2noc(C3(N)CCN(C(C)=O)C3)n2)CCCCC1. The van der Waals surface area contributed by atoms with Crippen molar-refractivity contribution in [2.24, 2.45) is 5.73 Å². The van der Waals surface area contributed by atoms with Gasteiger partial charge in [-0.25, -0.2) is 0 Å². The molecule has 0 spiro atoms. The lowest BCUT2D eigenvalue weighted by Gasteiger charge is -2.33. The number of hydrogen-bond acceptors (Lipinski definition) is 6. The lowest BCUT2D eigenvalue weighted by Crippen LogP contribution is -2.41. The molecule has 1 atom stereocenters. The van der Waals surface area contributed by atoms with Gasteiger partial charge in [-0.3, -0.25) is 4.79 Å². The number of rotatable bonds is 4. The summed E-state index contributed by atoms with van der Waals surface area (Å²) >= 11 is 0. The summed E-state index contributed by atoms with van der Waals surface area (Å²) in [5.74, 6) is 1.18. The molecule has 1 saturated heterocycles. The minimum Gasteiger partial charge on any atom is -0.384 e. The highest BCUT2D eigenvalue weighted by molar-refractivity contribution is 5.73. The van der Waals surface area contributed by atoms with Crippen LogP contribution in [0.25, 0.3) is 0 Å². The van der Waals surface area contributed by atoms with E-state index in [4.69, 9.17) is 15.0 Å². The molecule has 2 aliphatic rings. The van der Waals surface area contributed by atoms with Gasteiger partial charge in [-0.15, -0.1) is 0 Å². The largest absolute Gasteiger partial charge is 0.384 e. The molecule has 3 rings (SSSR count). The fourth-order valence-electron chi connectivity index (χ4n) is 3.85. The van der Waals surface area contributed by atoms with Crippen LogP contribution in [0.3, 0.4) is 0 Å². The smallest absolute Gasteiger partial charge is 0.248 e. The van der Waals surface area contributed by atoms with Crippen molar-refractivity contribution in [1.82, 2.24) is 15.0 Å². The van der Waals surface area contributed by atoms with Crippen LogP contribution in [0.1, 0.15) is 57.2 Å². The highest BCUT2D eigenvalue weighted by Gasteiger charge is 2.44. The van der Waals surface area contributed by atoms with Crippen LogP contribution in [0.2, 0.25) is 0 Å². The van der Waals surface area contributed by atoms with E-state index in [1.165, 1.54) is 6.42 Å². The van der Waals surface area contributed by atoms with E-state index < -0.39 is 5.54 Å². The Morgan fingerprint density at radius 2 is 2.09 bits per heavy atom. The Morgan fingerprint density at radius 3 is 2.70 bits per heavy atom. The molecule has 2 N–H and O–H groups in total. The molecule has 23 heavy (non-hydrogen) atoms. The van der Waals surface area contributed by atoms with Gasteiger partial charge in [-0.05, 0) is 19.3 Å². The number of amides is 1. The maximum atomic E-state index is 11.5. The zero-order valence-electron chi connectivity index (χ0n) is 14.0. The molecule has 0 aromatic carbocycles. The predicted octanol–water partition coefficient (Wildman–Crippen LogP) is 1.32.